The van der Waals surface area contributed by atoms with E-state index in [-0.39, 0.29) is 27.9 Å². The van der Waals surface area contributed by atoms with Gasteiger partial charge in [0.2, 0.25) is 5.91 Å². The van der Waals surface area contributed by atoms with E-state index in [0.29, 0.717) is 30.9 Å². The van der Waals surface area contributed by atoms with Crippen LogP contribution in [0.1, 0.15) is 23.2 Å². The molecule has 1 atom stereocenters. The molecule has 0 spiro atoms. The number of carbonyl (C=O) groups is 2. The number of sulfonamides is 1. The Kier molecular flexibility index (Phi) is 7.19. The minimum atomic E-state index is -3.64. The fraction of sp³-hybridized carbons (Fsp3) is 0.400. The summed E-state index contributed by atoms with van der Waals surface area (Å²) in [6, 6.07) is 6.13. The number of amides is 1. The number of hydrogen-bond donors (Lipinski definition) is 1. The lowest BCUT2D eigenvalue weighted by atomic mass is 9.98. The molecule has 1 amide bonds. The van der Waals surface area contributed by atoms with Gasteiger partial charge in [0, 0.05) is 25.2 Å². The van der Waals surface area contributed by atoms with Crippen LogP contribution < -0.4 is 14.8 Å². The fourth-order valence-electron chi connectivity index (χ4n) is 3.41. The summed E-state index contributed by atoms with van der Waals surface area (Å²) >= 11 is 1.14. The monoisotopic (exact) mass is 468 g/mol. The maximum absolute atomic E-state index is 13.0. The lowest BCUT2D eigenvalue weighted by molar-refractivity contribution is -0.120. The predicted molar refractivity (Wildman–Crippen MR) is 115 cm³/mol. The number of piperidine rings is 1. The van der Waals surface area contributed by atoms with Gasteiger partial charge in [-0.25, -0.2) is 13.2 Å². The van der Waals surface area contributed by atoms with E-state index in [1.165, 1.54) is 37.8 Å². The first-order valence-corrected chi connectivity index (χ1v) is 11.8. The number of hydrogen-bond acceptors (Lipinski definition) is 8. The van der Waals surface area contributed by atoms with Crippen LogP contribution in [0, 0.1) is 5.92 Å². The summed E-state index contributed by atoms with van der Waals surface area (Å²) in [5.41, 5.74) is 0.306. The van der Waals surface area contributed by atoms with Gasteiger partial charge in [-0.1, -0.05) is 6.07 Å². The number of nitrogens with one attached hydrogen (secondary N) is 1. The van der Waals surface area contributed by atoms with Crippen LogP contribution >= 0.6 is 11.3 Å². The summed E-state index contributed by atoms with van der Waals surface area (Å²) in [4.78, 5) is 25.2. The van der Waals surface area contributed by atoms with E-state index in [9.17, 15) is 18.0 Å². The molecule has 1 aliphatic rings. The Morgan fingerprint density at radius 3 is 2.48 bits per heavy atom. The molecule has 1 aromatic carbocycles. The molecular formula is C20H24N2O7S2. The van der Waals surface area contributed by atoms with Crippen molar-refractivity contribution in [2.45, 2.75) is 17.1 Å². The smallest absolute Gasteiger partial charge is 0.340 e. The van der Waals surface area contributed by atoms with E-state index in [0.717, 1.165) is 11.3 Å². The molecule has 2 aromatic rings. The third-order valence-electron chi connectivity index (χ3n) is 5.03. The summed E-state index contributed by atoms with van der Waals surface area (Å²) in [5, 5.41) is 4.43. The number of benzene rings is 1. The molecule has 168 valence electrons. The summed E-state index contributed by atoms with van der Waals surface area (Å²) in [7, 11) is 0.466. The molecule has 0 saturated carbocycles. The molecule has 9 nitrogen and oxygen atoms in total. The molecule has 1 N–H and O–H groups in total. The zero-order valence-corrected chi connectivity index (χ0v) is 19.0. The second-order valence-electron chi connectivity index (χ2n) is 6.87. The van der Waals surface area contributed by atoms with Crippen LogP contribution in [0.5, 0.6) is 11.5 Å². The number of methoxy groups -OCH3 is 3. The average molecular weight is 469 g/mol. The van der Waals surface area contributed by atoms with Crippen molar-refractivity contribution in [1.29, 1.82) is 0 Å². The molecule has 0 bridgehead atoms. The number of thiophene rings is 1. The molecule has 11 heteroatoms. The van der Waals surface area contributed by atoms with Gasteiger partial charge in [0.25, 0.3) is 10.0 Å². The van der Waals surface area contributed by atoms with Crippen LogP contribution in [0.3, 0.4) is 0 Å². The molecule has 1 aliphatic heterocycles. The van der Waals surface area contributed by atoms with Gasteiger partial charge in [0.05, 0.1) is 38.5 Å². The van der Waals surface area contributed by atoms with E-state index in [2.05, 4.69) is 5.32 Å². The van der Waals surface area contributed by atoms with Crippen molar-refractivity contribution in [3.05, 3.63) is 35.2 Å². The highest BCUT2D eigenvalue weighted by molar-refractivity contribution is 7.91. The first kappa shape index (κ1) is 23.0. The summed E-state index contributed by atoms with van der Waals surface area (Å²) in [6.07, 6.45) is 1.08. The van der Waals surface area contributed by atoms with E-state index in [4.69, 9.17) is 14.2 Å². The van der Waals surface area contributed by atoms with Gasteiger partial charge in [-0.15, -0.1) is 11.3 Å². The van der Waals surface area contributed by atoms with Crippen molar-refractivity contribution in [3.8, 4) is 11.5 Å². The number of carbonyl (C=O) groups excluding carboxylic acids is 2. The maximum Gasteiger partial charge on any atom is 0.340 e. The van der Waals surface area contributed by atoms with E-state index in [1.807, 2.05) is 0 Å². The lowest BCUT2D eigenvalue weighted by Crippen LogP contribution is -2.43. The molecule has 31 heavy (non-hydrogen) atoms. The zero-order chi connectivity index (χ0) is 22.6. The van der Waals surface area contributed by atoms with Crippen LogP contribution in [0.4, 0.5) is 5.69 Å². The minimum Gasteiger partial charge on any atom is -0.493 e. The van der Waals surface area contributed by atoms with Crippen LogP contribution in [0.2, 0.25) is 0 Å². The lowest BCUT2D eigenvalue weighted by Gasteiger charge is -2.31. The largest absolute Gasteiger partial charge is 0.493 e. The number of anilines is 1. The minimum absolute atomic E-state index is 0.0624. The second-order valence-corrected chi connectivity index (χ2v) is 9.98. The fourth-order valence-corrected chi connectivity index (χ4v) is 6.08. The molecule has 1 saturated heterocycles. The second kappa shape index (κ2) is 9.67. The SMILES string of the molecule is COC(=O)c1cc(OC)c(OC)cc1NC(=O)C1CCCN(S(=O)(=O)c2cccs2)C1. The predicted octanol–water partition coefficient (Wildman–Crippen LogP) is 2.59. The van der Waals surface area contributed by atoms with Gasteiger partial charge in [0.15, 0.2) is 11.5 Å². The number of nitrogens with zero attached hydrogens (tertiary/aromatic N) is 1. The summed E-state index contributed by atoms with van der Waals surface area (Å²) in [5.74, 6) is -0.963. The van der Waals surface area contributed by atoms with Crippen LogP contribution in [-0.2, 0) is 19.6 Å². The van der Waals surface area contributed by atoms with Gasteiger partial charge in [0.1, 0.15) is 4.21 Å². The van der Waals surface area contributed by atoms with Gasteiger partial charge in [-0.05, 0) is 24.3 Å². The Balaban J connectivity index is 1.83. The van der Waals surface area contributed by atoms with Crippen molar-refractivity contribution in [2.75, 3.05) is 39.7 Å². The summed E-state index contributed by atoms with van der Waals surface area (Å²) in [6.45, 7) is 0.417. The molecule has 2 heterocycles. The Labute approximate surface area is 185 Å². The number of esters is 1. The van der Waals surface area contributed by atoms with Gasteiger partial charge in [-0.2, -0.15) is 4.31 Å². The Morgan fingerprint density at radius 1 is 1.16 bits per heavy atom. The van der Waals surface area contributed by atoms with Crippen molar-refractivity contribution in [3.63, 3.8) is 0 Å². The standard InChI is InChI=1S/C20H24N2O7S2/c1-27-16-10-14(20(24)29-3)15(11-17(16)28-2)21-19(23)13-6-4-8-22(12-13)31(25,26)18-7-5-9-30-18/h5,7,9-11,13H,4,6,8,12H2,1-3H3,(H,21,23). The molecular weight excluding hydrogens is 444 g/mol. The molecule has 1 aromatic heterocycles. The van der Waals surface area contributed by atoms with Crippen molar-refractivity contribution in [2.24, 2.45) is 5.92 Å². The Morgan fingerprint density at radius 2 is 1.87 bits per heavy atom. The van der Waals surface area contributed by atoms with E-state index >= 15 is 0 Å². The highest BCUT2D eigenvalue weighted by atomic mass is 32.2. The van der Waals surface area contributed by atoms with Crippen molar-refractivity contribution < 1.29 is 32.2 Å². The number of rotatable bonds is 7. The van der Waals surface area contributed by atoms with E-state index < -0.39 is 21.9 Å². The van der Waals surface area contributed by atoms with Crippen molar-refractivity contribution >= 4 is 38.9 Å². The third kappa shape index (κ3) is 4.83. The quantitative estimate of drug-likeness (QED) is 0.622. The topological polar surface area (TPSA) is 111 Å². The normalized spacial score (nSPS) is 17.1. The van der Waals surface area contributed by atoms with Crippen LogP contribution in [0.15, 0.2) is 33.9 Å². The zero-order valence-electron chi connectivity index (χ0n) is 17.4. The highest BCUT2D eigenvalue weighted by Gasteiger charge is 2.34. The molecule has 1 fully saturated rings. The van der Waals surface area contributed by atoms with Gasteiger partial charge >= 0.3 is 5.97 Å². The van der Waals surface area contributed by atoms with Gasteiger partial charge < -0.3 is 19.5 Å². The Bertz CT molecular complexity index is 1050. The van der Waals surface area contributed by atoms with Gasteiger partial charge in [-0.3, -0.25) is 4.79 Å². The molecule has 3 rings (SSSR count). The van der Waals surface area contributed by atoms with E-state index in [1.54, 1.807) is 17.5 Å². The highest BCUT2D eigenvalue weighted by Crippen LogP contribution is 2.34. The first-order valence-electron chi connectivity index (χ1n) is 9.50. The average Bonchev–Trinajstić information content (AvgIpc) is 3.34. The van der Waals surface area contributed by atoms with Crippen LogP contribution in [-0.4, -0.2) is 59.0 Å². The Hall–Kier alpha value is -2.63. The first-order chi connectivity index (χ1) is 14.8. The molecule has 0 aliphatic carbocycles. The maximum atomic E-state index is 13.0. The molecule has 0 radical (unpaired) electrons. The molecule has 1 unspecified atom stereocenters. The van der Waals surface area contributed by atoms with Crippen LogP contribution in [0.25, 0.3) is 0 Å². The number of ether oxygens (including phenoxy) is 3. The third-order valence-corrected chi connectivity index (χ3v) is 8.27. The van der Waals surface area contributed by atoms with Crippen molar-refractivity contribution in [1.82, 2.24) is 4.31 Å². The summed E-state index contributed by atoms with van der Waals surface area (Å²) < 4.78 is 42.5.